The average molecular weight is 316 g/mol. The molecule has 1 unspecified atom stereocenters. The van der Waals surface area contributed by atoms with E-state index in [0.717, 1.165) is 22.4 Å². The first-order valence-corrected chi connectivity index (χ1v) is 7.58. The van der Waals surface area contributed by atoms with Crippen molar-refractivity contribution < 1.29 is 19.0 Å². The van der Waals surface area contributed by atoms with E-state index in [1.807, 2.05) is 32.9 Å². The normalized spacial score (nSPS) is 12.0. The van der Waals surface area contributed by atoms with E-state index in [-0.39, 0.29) is 13.0 Å². The molecule has 0 aliphatic carbocycles. The Morgan fingerprint density at radius 2 is 1.87 bits per heavy atom. The summed E-state index contributed by atoms with van der Waals surface area (Å²) in [7, 11) is 0. The van der Waals surface area contributed by atoms with E-state index < -0.39 is 17.7 Å². The van der Waals surface area contributed by atoms with Crippen LogP contribution in [0.25, 0.3) is 0 Å². The molecular weight excluding hydrogens is 295 g/mol. The van der Waals surface area contributed by atoms with Crippen molar-refractivity contribution in [1.29, 1.82) is 0 Å². The second-order valence-electron chi connectivity index (χ2n) is 5.74. The van der Waals surface area contributed by atoms with Crippen LogP contribution in [0.5, 0.6) is 5.75 Å². The van der Waals surface area contributed by atoms with Gasteiger partial charge in [-0.15, -0.1) is 0 Å². The van der Waals surface area contributed by atoms with Crippen LogP contribution in [0.1, 0.15) is 34.6 Å². The Morgan fingerprint density at radius 3 is 2.52 bits per heavy atom. The van der Waals surface area contributed by atoms with Gasteiger partial charge in [-0.3, -0.25) is 4.79 Å². The van der Waals surface area contributed by atoms with Crippen LogP contribution in [0.2, 0.25) is 0 Å². The van der Waals surface area contributed by atoms with Gasteiger partial charge in [-0.05, 0) is 61.6 Å². The van der Waals surface area contributed by atoms with Gasteiger partial charge in [0.25, 0.3) is 0 Å². The fourth-order valence-corrected chi connectivity index (χ4v) is 2.58. The molecular formula is C19H21FO3. The minimum absolute atomic E-state index is 0.263. The van der Waals surface area contributed by atoms with Gasteiger partial charge in [0.2, 0.25) is 0 Å². The number of carbonyl (C=O) groups is 1. The zero-order valence-corrected chi connectivity index (χ0v) is 13.6. The monoisotopic (exact) mass is 316 g/mol. The summed E-state index contributed by atoms with van der Waals surface area (Å²) < 4.78 is 19.1. The first-order valence-electron chi connectivity index (χ1n) is 7.58. The smallest absolute Gasteiger partial charge is 0.311 e. The number of carboxylic acids is 1. The van der Waals surface area contributed by atoms with Crippen LogP contribution >= 0.6 is 0 Å². The standard InChI is InChI=1S/C19H21FO3/c1-12-7-8-13(2)18(14(12)3)23-10-9-17(19(21)22)15-5-4-6-16(20)11-15/h4-8,11,17H,9-10H2,1-3H3,(H,21,22). The van der Waals surface area contributed by atoms with Gasteiger partial charge in [0.05, 0.1) is 12.5 Å². The summed E-state index contributed by atoms with van der Waals surface area (Å²) in [5, 5.41) is 9.39. The highest BCUT2D eigenvalue weighted by atomic mass is 19.1. The highest BCUT2D eigenvalue weighted by molar-refractivity contribution is 5.76. The van der Waals surface area contributed by atoms with Gasteiger partial charge in [0.15, 0.2) is 0 Å². The molecule has 0 spiro atoms. The summed E-state index contributed by atoms with van der Waals surface area (Å²) in [4.78, 5) is 11.5. The van der Waals surface area contributed by atoms with Crippen molar-refractivity contribution in [2.24, 2.45) is 0 Å². The average Bonchev–Trinajstić information content (AvgIpc) is 2.50. The highest BCUT2D eigenvalue weighted by Crippen LogP contribution is 2.27. The fraction of sp³-hybridized carbons (Fsp3) is 0.316. The number of aliphatic carboxylic acids is 1. The number of ether oxygens (including phenoxy) is 1. The van der Waals surface area contributed by atoms with E-state index in [9.17, 15) is 14.3 Å². The van der Waals surface area contributed by atoms with Crippen LogP contribution in [-0.2, 0) is 4.79 Å². The Morgan fingerprint density at radius 1 is 1.17 bits per heavy atom. The fourth-order valence-electron chi connectivity index (χ4n) is 2.58. The molecule has 0 aromatic heterocycles. The van der Waals surface area contributed by atoms with Gasteiger partial charge in [0.1, 0.15) is 11.6 Å². The lowest BCUT2D eigenvalue weighted by Crippen LogP contribution is -2.15. The maximum atomic E-state index is 13.3. The molecule has 0 bridgehead atoms. The maximum Gasteiger partial charge on any atom is 0.311 e. The minimum atomic E-state index is -0.975. The number of aryl methyl sites for hydroxylation is 2. The number of carboxylic acid groups (broad SMARTS) is 1. The molecule has 0 fully saturated rings. The third kappa shape index (κ3) is 4.09. The molecule has 0 amide bonds. The maximum absolute atomic E-state index is 13.3. The Labute approximate surface area is 135 Å². The van der Waals surface area contributed by atoms with Gasteiger partial charge in [0, 0.05) is 0 Å². The van der Waals surface area contributed by atoms with E-state index in [2.05, 4.69) is 0 Å². The van der Waals surface area contributed by atoms with Crippen LogP contribution in [-0.4, -0.2) is 17.7 Å². The first kappa shape index (κ1) is 17.0. The number of hydrogen-bond acceptors (Lipinski definition) is 2. The molecule has 0 saturated carbocycles. The number of benzene rings is 2. The Balaban J connectivity index is 2.09. The lowest BCUT2D eigenvalue weighted by molar-refractivity contribution is -0.139. The molecule has 0 heterocycles. The molecule has 2 aromatic rings. The Kier molecular flexibility index (Phi) is 5.37. The third-order valence-corrected chi connectivity index (χ3v) is 4.08. The van der Waals surface area contributed by atoms with Gasteiger partial charge < -0.3 is 9.84 Å². The number of halogens is 1. The van der Waals surface area contributed by atoms with E-state index in [1.54, 1.807) is 6.07 Å². The molecule has 0 saturated heterocycles. The second kappa shape index (κ2) is 7.27. The third-order valence-electron chi connectivity index (χ3n) is 4.08. The quantitative estimate of drug-likeness (QED) is 0.860. The van der Waals surface area contributed by atoms with Crippen molar-refractivity contribution >= 4 is 5.97 Å². The van der Waals surface area contributed by atoms with Crippen LogP contribution in [0, 0.1) is 26.6 Å². The van der Waals surface area contributed by atoms with Crippen molar-refractivity contribution in [3.05, 3.63) is 64.5 Å². The zero-order chi connectivity index (χ0) is 17.0. The Hall–Kier alpha value is -2.36. The molecule has 1 atom stereocenters. The summed E-state index contributed by atoms with van der Waals surface area (Å²) >= 11 is 0. The Bertz CT molecular complexity index is 710. The lowest BCUT2D eigenvalue weighted by atomic mass is 9.96. The molecule has 3 nitrogen and oxygen atoms in total. The molecule has 1 N–H and O–H groups in total. The largest absolute Gasteiger partial charge is 0.493 e. The van der Waals surface area contributed by atoms with E-state index in [4.69, 9.17) is 4.74 Å². The number of rotatable bonds is 6. The van der Waals surface area contributed by atoms with Crippen molar-refractivity contribution in [3.63, 3.8) is 0 Å². The molecule has 2 aromatic carbocycles. The van der Waals surface area contributed by atoms with Gasteiger partial charge in [-0.1, -0.05) is 24.3 Å². The van der Waals surface area contributed by atoms with Crippen LogP contribution < -0.4 is 4.74 Å². The molecule has 4 heteroatoms. The predicted octanol–water partition coefficient (Wildman–Crippen LogP) is 4.39. The highest BCUT2D eigenvalue weighted by Gasteiger charge is 2.20. The topological polar surface area (TPSA) is 46.5 Å². The van der Waals surface area contributed by atoms with E-state index in [0.29, 0.717) is 5.56 Å². The van der Waals surface area contributed by atoms with E-state index in [1.165, 1.54) is 18.2 Å². The summed E-state index contributed by atoms with van der Waals surface area (Å²) in [5.74, 6) is -1.39. The van der Waals surface area contributed by atoms with Gasteiger partial charge in [-0.2, -0.15) is 0 Å². The minimum Gasteiger partial charge on any atom is -0.493 e. The van der Waals surface area contributed by atoms with Crippen LogP contribution in [0.4, 0.5) is 4.39 Å². The molecule has 2 rings (SSSR count). The van der Waals surface area contributed by atoms with Gasteiger partial charge >= 0.3 is 5.97 Å². The van der Waals surface area contributed by atoms with Crippen molar-refractivity contribution in [2.75, 3.05) is 6.61 Å². The molecule has 0 aliphatic heterocycles. The van der Waals surface area contributed by atoms with Crippen molar-refractivity contribution in [3.8, 4) is 5.75 Å². The molecule has 23 heavy (non-hydrogen) atoms. The summed E-state index contributed by atoms with van der Waals surface area (Å²) in [6.07, 6.45) is 0.283. The van der Waals surface area contributed by atoms with Crippen molar-refractivity contribution in [1.82, 2.24) is 0 Å². The summed E-state index contributed by atoms with van der Waals surface area (Å²) in [6.45, 7) is 6.22. The van der Waals surface area contributed by atoms with Crippen molar-refractivity contribution in [2.45, 2.75) is 33.1 Å². The zero-order valence-electron chi connectivity index (χ0n) is 13.6. The van der Waals surface area contributed by atoms with Crippen LogP contribution in [0.15, 0.2) is 36.4 Å². The molecule has 122 valence electrons. The molecule has 0 radical (unpaired) electrons. The summed E-state index contributed by atoms with van der Waals surface area (Å²) in [6, 6.07) is 9.74. The predicted molar refractivity (Wildman–Crippen MR) is 87.5 cm³/mol. The first-order chi connectivity index (χ1) is 10.9. The lowest BCUT2D eigenvalue weighted by Gasteiger charge is -2.17. The molecule has 0 aliphatic rings. The summed E-state index contributed by atoms with van der Waals surface area (Å²) in [5.41, 5.74) is 3.66. The van der Waals surface area contributed by atoms with Gasteiger partial charge in [-0.25, -0.2) is 4.39 Å². The second-order valence-corrected chi connectivity index (χ2v) is 5.74. The SMILES string of the molecule is Cc1ccc(C)c(OCCC(C(=O)O)c2cccc(F)c2)c1C. The van der Waals surface area contributed by atoms with E-state index >= 15 is 0 Å². The number of hydrogen-bond donors (Lipinski definition) is 1. The van der Waals surface area contributed by atoms with Crippen LogP contribution in [0.3, 0.4) is 0 Å².